The van der Waals surface area contributed by atoms with Gasteiger partial charge < -0.3 is 39.3 Å². The number of unbranched alkanes of at least 4 members (excludes halogenated alkanes) is 1. The number of hydrogen-bond acceptors (Lipinski definition) is 11. The number of aromatic carboxylic acids is 1. The first-order valence-electron chi connectivity index (χ1n) is 15.5. The van der Waals surface area contributed by atoms with Gasteiger partial charge in [0.2, 0.25) is 11.8 Å². The van der Waals surface area contributed by atoms with Crippen LogP contribution in [-0.4, -0.2) is 72.7 Å². The second-order valence-corrected chi connectivity index (χ2v) is 18.0. The van der Waals surface area contributed by atoms with E-state index in [1.807, 2.05) is 0 Å². The first-order chi connectivity index (χ1) is 22.1. The molecule has 4 N–H and O–H groups in total. The van der Waals surface area contributed by atoms with E-state index >= 15 is 0 Å². The van der Waals surface area contributed by atoms with Gasteiger partial charge in [0, 0.05) is 41.7 Å². The number of ether oxygens (including phenoxy) is 2. The number of benzene rings is 1. The standard InChI is InChI=1S/C32H50N4O9SSi/c1-10-15-43-31(41)33-17-26-35-29(44-36-26)23(34-27(38)13-11-12-14-37)19-46-18-22-25(45-47(8,9)32(5,6)20(2)3)16-24(42-7)21(4)28(22)30(39)40/h10,16,20,23,37H,1,11-15,17-19H2,2-9H3,(H,33,41)(H,34,38)(H,39,40). The Labute approximate surface area is 282 Å². The normalized spacial score (nSPS) is 12.4. The number of nitrogens with one attached hydrogen (secondary N) is 2. The predicted octanol–water partition coefficient (Wildman–Crippen LogP) is 5.77. The van der Waals surface area contributed by atoms with Crippen LogP contribution < -0.4 is 19.8 Å². The lowest BCUT2D eigenvalue weighted by atomic mass is 9.99. The summed E-state index contributed by atoms with van der Waals surface area (Å²) in [5.41, 5.74) is 1.11. The topological polar surface area (TPSA) is 182 Å². The van der Waals surface area contributed by atoms with Crippen molar-refractivity contribution in [3.8, 4) is 11.5 Å². The smallest absolute Gasteiger partial charge is 0.407 e. The molecule has 1 aromatic carbocycles. The highest BCUT2D eigenvalue weighted by Gasteiger charge is 2.45. The third-order valence-electron chi connectivity index (χ3n) is 8.58. The number of amides is 2. The van der Waals surface area contributed by atoms with Crippen molar-refractivity contribution in [2.24, 2.45) is 5.92 Å². The summed E-state index contributed by atoms with van der Waals surface area (Å²) in [6.45, 7) is 18.1. The summed E-state index contributed by atoms with van der Waals surface area (Å²) in [6.07, 6.45) is 1.92. The zero-order valence-electron chi connectivity index (χ0n) is 28.7. The Bertz CT molecular complexity index is 1380. The van der Waals surface area contributed by atoms with Gasteiger partial charge in [-0.15, -0.1) is 0 Å². The van der Waals surface area contributed by atoms with Crippen molar-refractivity contribution in [2.45, 2.75) is 90.4 Å². The van der Waals surface area contributed by atoms with Crippen LogP contribution in [0, 0.1) is 12.8 Å². The molecule has 47 heavy (non-hydrogen) atoms. The Kier molecular flexibility index (Phi) is 15.3. The number of alkyl carbamates (subject to hydrolysis) is 1. The zero-order chi connectivity index (χ0) is 35.4. The fourth-order valence-electron chi connectivity index (χ4n) is 4.56. The molecular formula is C32H50N4O9SSi. The number of hydrogen-bond donors (Lipinski definition) is 4. The molecule has 1 heterocycles. The van der Waals surface area contributed by atoms with E-state index in [1.165, 1.54) is 24.9 Å². The van der Waals surface area contributed by atoms with Gasteiger partial charge in [0.25, 0.3) is 8.32 Å². The van der Waals surface area contributed by atoms with Gasteiger partial charge in [-0.3, -0.25) is 4.79 Å². The maximum Gasteiger partial charge on any atom is 0.407 e. The van der Waals surface area contributed by atoms with Gasteiger partial charge in [-0.05, 0) is 43.8 Å². The van der Waals surface area contributed by atoms with Crippen molar-refractivity contribution in [1.82, 2.24) is 20.8 Å². The maximum atomic E-state index is 12.8. The lowest BCUT2D eigenvalue weighted by Gasteiger charge is -2.43. The minimum Gasteiger partial charge on any atom is -0.543 e. The summed E-state index contributed by atoms with van der Waals surface area (Å²) in [4.78, 5) is 41.6. The van der Waals surface area contributed by atoms with E-state index in [-0.39, 0.29) is 65.9 Å². The Hall–Kier alpha value is -3.56. The number of carbonyl (C=O) groups is 3. The van der Waals surface area contributed by atoms with Crippen LogP contribution in [0.4, 0.5) is 4.79 Å². The van der Waals surface area contributed by atoms with Crippen LogP contribution in [0.5, 0.6) is 11.5 Å². The molecule has 0 radical (unpaired) electrons. The monoisotopic (exact) mass is 694 g/mol. The van der Waals surface area contributed by atoms with E-state index in [0.717, 1.165) is 0 Å². The van der Waals surface area contributed by atoms with Gasteiger partial charge >= 0.3 is 12.1 Å². The summed E-state index contributed by atoms with van der Waals surface area (Å²) in [5.74, 6) is 0.628. The number of nitrogens with zero attached hydrogens (tertiary/aromatic N) is 2. The summed E-state index contributed by atoms with van der Waals surface area (Å²) >= 11 is 1.37. The molecule has 262 valence electrons. The number of thioether (sulfide) groups is 1. The van der Waals surface area contributed by atoms with E-state index in [2.05, 4.69) is 68.1 Å². The van der Waals surface area contributed by atoms with Crippen LogP contribution in [0.1, 0.15) is 86.2 Å². The lowest BCUT2D eigenvalue weighted by Crippen LogP contribution is -2.48. The highest BCUT2D eigenvalue weighted by Crippen LogP contribution is 2.47. The van der Waals surface area contributed by atoms with Crippen molar-refractivity contribution in [3.05, 3.63) is 47.1 Å². The van der Waals surface area contributed by atoms with Crippen molar-refractivity contribution in [1.29, 1.82) is 0 Å². The summed E-state index contributed by atoms with van der Waals surface area (Å²) < 4.78 is 22.7. The molecule has 2 amide bonds. The molecule has 0 aliphatic carbocycles. The predicted molar refractivity (Wildman–Crippen MR) is 182 cm³/mol. The molecular weight excluding hydrogens is 645 g/mol. The van der Waals surface area contributed by atoms with Gasteiger partial charge in [0.05, 0.1) is 19.2 Å². The van der Waals surface area contributed by atoms with Crippen LogP contribution in [0.3, 0.4) is 0 Å². The van der Waals surface area contributed by atoms with Gasteiger partial charge in [-0.25, -0.2) is 9.59 Å². The number of methoxy groups -OCH3 is 1. The maximum absolute atomic E-state index is 12.8. The molecule has 13 nitrogen and oxygen atoms in total. The summed E-state index contributed by atoms with van der Waals surface area (Å²) in [7, 11) is -0.960. The molecule has 0 spiro atoms. The molecule has 0 bridgehead atoms. The number of rotatable bonds is 20. The fourth-order valence-corrected chi connectivity index (χ4v) is 8.02. The molecule has 2 rings (SSSR count). The lowest BCUT2D eigenvalue weighted by molar-refractivity contribution is -0.122. The van der Waals surface area contributed by atoms with Gasteiger partial charge in [0.15, 0.2) is 5.82 Å². The Morgan fingerprint density at radius 3 is 2.51 bits per heavy atom. The number of aromatic nitrogens is 2. The SMILES string of the molecule is C=CCOC(=O)NCc1noc(C(CSCc2c(O[Si](C)(C)C(C)(C)C(C)C)cc(OC)c(C)c2C(=O)O)NC(=O)CCCCO)n1. The minimum absolute atomic E-state index is 0.0204. The van der Waals surface area contributed by atoms with Crippen molar-refractivity contribution in [2.75, 3.05) is 26.1 Å². The van der Waals surface area contributed by atoms with Crippen molar-refractivity contribution < 1.29 is 43.0 Å². The Morgan fingerprint density at radius 2 is 1.91 bits per heavy atom. The molecule has 2 aromatic rings. The number of carbonyl (C=O) groups excluding carboxylic acids is 2. The molecule has 0 aliphatic heterocycles. The number of aliphatic hydroxyl groups excluding tert-OH is 1. The molecule has 1 aromatic heterocycles. The van der Waals surface area contributed by atoms with E-state index in [9.17, 15) is 19.5 Å². The quantitative estimate of drug-likeness (QED) is 0.0747. The largest absolute Gasteiger partial charge is 0.543 e. The number of aliphatic hydroxyl groups is 1. The molecule has 0 saturated carbocycles. The first kappa shape index (κ1) is 39.6. The fraction of sp³-hybridized carbons (Fsp3) is 0.594. The van der Waals surface area contributed by atoms with Crippen molar-refractivity contribution >= 4 is 38.0 Å². The van der Waals surface area contributed by atoms with E-state index in [0.29, 0.717) is 41.4 Å². The van der Waals surface area contributed by atoms with Crippen LogP contribution in [-0.2, 0) is 21.8 Å². The molecule has 0 aliphatic rings. The van der Waals surface area contributed by atoms with E-state index in [4.69, 9.17) is 23.5 Å². The van der Waals surface area contributed by atoms with Crippen LogP contribution in [0.2, 0.25) is 18.1 Å². The van der Waals surface area contributed by atoms with E-state index in [1.54, 1.807) is 13.0 Å². The highest BCUT2D eigenvalue weighted by molar-refractivity contribution is 7.98. The van der Waals surface area contributed by atoms with Crippen LogP contribution >= 0.6 is 11.8 Å². The summed E-state index contributed by atoms with van der Waals surface area (Å²) in [6, 6.07) is 1.04. The van der Waals surface area contributed by atoms with E-state index < -0.39 is 26.4 Å². The zero-order valence-corrected chi connectivity index (χ0v) is 30.5. The average Bonchev–Trinajstić information content (AvgIpc) is 3.48. The molecule has 15 heteroatoms. The molecule has 1 unspecified atom stereocenters. The number of carboxylic acids is 1. The number of carboxylic acid groups (broad SMARTS) is 1. The Morgan fingerprint density at radius 1 is 1.21 bits per heavy atom. The van der Waals surface area contributed by atoms with Crippen molar-refractivity contribution in [3.63, 3.8) is 0 Å². The van der Waals surface area contributed by atoms with Gasteiger partial charge in [-0.1, -0.05) is 45.5 Å². The second-order valence-electron chi connectivity index (χ2n) is 12.5. The third kappa shape index (κ3) is 11.0. The molecule has 0 fully saturated rings. The second kappa shape index (κ2) is 18.1. The third-order valence-corrected chi connectivity index (χ3v) is 14.1. The van der Waals surface area contributed by atoms with Crippen LogP contribution in [0.25, 0.3) is 0 Å². The molecule has 1 atom stereocenters. The van der Waals surface area contributed by atoms with Crippen LogP contribution in [0.15, 0.2) is 23.2 Å². The Balaban J connectivity index is 2.40. The van der Waals surface area contributed by atoms with Gasteiger partial charge in [0.1, 0.15) is 24.1 Å². The highest BCUT2D eigenvalue weighted by atomic mass is 32.2. The average molecular weight is 695 g/mol. The summed E-state index contributed by atoms with van der Waals surface area (Å²) in [5, 5.41) is 28.6. The minimum atomic E-state index is -2.46. The first-order valence-corrected chi connectivity index (χ1v) is 19.6. The van der Waals surface area contributed by atoms with Gasteiger partial charge in [-0.2, -0.15) is 16.7 Å². The molecule has 0 saturated heterocycles.